The van der Waals surface area contributed by atoms with Gasteiger partial charge < -0.3 is 4.57 Å². The second kappa shape index (κ2) is 9.65. The van der Waals surface area contributed by atoms with Crippen molar-refractivity contribution in [3.63, 3.8) is 0 Å². The molecule has 8 aromatic rings. The van der Waals surface area contributed by atoms with E-state index in [0.29, 0.717) is 0 Å². The minimum Gasteiger partial charge on any atom is -0.308 e. The minimum absolute atomic E-state index is 0.445. The topological polar surface area (TPSA) is 17.8 Å². The maximum absolute atomic E-state index is 4.98. The highest BCUT2D eigenvalue weighted by atomic mass is 15.0. The van der Waals surface area contributed by atoms with Crippen molar-refractivity contribution in [2.24, 2.45) is 0 Å². The van der Waals surface area contributed by atoms with Gasteiger partial charge in [-0.15, -0.1) is 0 Å². The molecule has 0 N–H and O–H groups in total. The van der Waals surface area contributed by atoms with Crippen LogP contribution in [-0.2, 0) is 5.41 Å². The van der Waals surface area contributed by atoms with Crippen LogP contribution in [-0.4, -0.2) is 9.55 Å². The fourth-order valence-corrected chi connectivity index (χ4v) is 7.50. The molecule has 206 valence electrons. The van der Waals surface area contributed by atoms with Crippen molar-refractivity contribution >= 4 is 21.9 Å². The molecule has 9 rings (SSSR count). The van der Waals surface area contributed by atoms with Crippen molar-refractivity contribution in [3.8, 4) is 27.9 Å². The van der Waals surface area contributed by atoms with Crippen LogP contribution in [0.25, 0.3) is 49.9 Å². The zero-order chi connectivity index (χ0) is 29.1. The van der Waals surface area contributed by atoms with Gasteiger partial charge in [-0.25, -0.2) is 0 Å². The van der Waals surface area contributed by atoms with E-state index in [2.05, 4.69) is 162 Å². The average molecular weight is 561 g/mol. The third-order valence-electron chi connectivity index (χ3n) is 9.31. The molecule has 2 heterocycles. The molecular weight excluding hydrogens is 532 g/mol. The van der Waals surface area contributed by atoms with Crippen molar-refractivity contribution in [1.82, 2.24) is 9.55 Å². The lowest BCUT2D eigenvalue weighted by atomic mass is 9.67. The van der Waals surface area contributed by atoms with E-state index in [-0.39, 0.29) is 0 Å². The highest BCUT2D eigenvalue weighted by Gasteiger charge is 2.46. The smallest absolute Gasteiger partial charge is 0.0963 e. The molecule has 0 fully saturated rings. The number of aromatic nitrogens is 2. The molecule has 0 bridgehead atoms. The third-order valence-corrected chi connectivity index (χ3v) is 9.31. The summed E-state index contributed by atoms with van der Waals surface area (Å²) in [5, 5.41) is 1.16. The summed E-state index contributed by atoms with van der Waals surface area (Å²) in [7, 11) is 0. The van der Waals surface area contributed by atoms with Crippen molar-refractivity contribution in [1.29, 1.82) is 0 Å². The highest BCUT2D eigenvalue weighted by molar-refractivity contribution is 6.10. The Balaban J connectivity index is 1.40. The molecule has 0 spiro atoms. The van der Waals surface area contributed by atoms with E-state index >= 15 is 0 Å². The molecular formula is C42H28N2. The molecule has 0 radical (unpaired) electrons. The third kappa shape index (κ3) is 3.46. The Morgan fingerprint density at radius 2 is 1.11 bits per heavy atom. The summed E-state index contributed by atoms with van der Waals surface area (Å²) in [4.78, 5) is 4.98. The first-order chi connectivity index (χ1) is 21.8. The maximum Gasteiger partial charge on any atom is 0.0963 e. The molecule has 0 saturated carbocycles. The Kier molecular flexibility index (Phi) is 5.45. The van der Waals surface area contributed by atoms with Crippen LogP contribution in [0.1, 0.15) is 22.3 Å². The lowest BCUT2D eigenvalue weighted by molar-refractivity contribution is 0.769. The van der Waals surface area contributed by atoms with E-state index in [0.717, 1.165) is 27.6 Å². The first kappa shape index (κ1) is 24.8. The Hall–Kier alpha value is -5.73. The van der Waals surface area contributed by atoms with Gasteiger partial charge in [0.2, 0.25) is 0 Å². The van der Waals surface area contributed by atoms with Gasteiger partial charge in [-0.3, -0.25) is 4.98 Å². The number of hydrogen-bond acceptors (Lipinski definition) is 1. The number of rotatable bonds is 4. The fraction of sp³-hybridized carbons (Fsp3) is 0.0238. The zero-order valence-corrected chi connectivity index (χ0v) is 24.1. The zero-order valence-electron chi connectivity index (χ0n) is 24.1. The summed E-state index contributed by atoms with van der Waals surface area (Å²) >= 11 is 0. The molecule has 2 nitrogen and oxygen atoms in total. The van der Waals surface area contributed by atoms with Gasteiger partial charge in [0.15, 0.2) is 0 Å². The number of hydrogen-bond donors (Lipinski definition) is 0. The van der Waals surface area contributed by atoms with Gasteiger partial charge >= 0.3 is 0 Å². The molecule has 2 heteroatoms. The van der Waals surface area contributed by atoms with Gasteiger partial charge in [0.25, 0.3) is 0 Å². The first-order valence-corrected chi connectivity index (χ1v) is 15.1. The van der Waals surface area contributed by atoms with Crippen LogP contribution in [0, 0.1) is 0 Å². The van der Waals surface area contributed by atoms with Crippen molar-refractivity contribution in [3.05, 3.63) is 192 Å². The van der Waals surface area contributed by atoms with Crippen LogP contribution in [0.5, 0.6) is 0 Å². The van der Waals surface area contributed by atoms with E-state index in [9.17, 15) is 0 Å². The van der Waals surface area contributed by atoms with Gasteiger partial charge in [-0.05, 0) is 80.9 Å². The van der Waals surface area contributed by atoms with Crippen LogP contribution < -0.4 is 0 Å². The average Bonchev–Trinajstić information content (AvgIpc) is 3.59. The highest BCUT2D eigenvalue weighted by Crippen LogP contribution is 2.57. The predicted octanol–water partition coefficient (Wildman–Crippen LogP) is 10.2. The van der Waals surface area contributed by atoms with Gasteiger partial charge in [-0.1, -0.05) is 127 Å². The summed E-state index contributed by atoms with van der Waals surface area (Å²) in [5.74, 6) is 0. The quantitative estimate of drug-likeness (QED) is 0.209. The molecule has 2 aromatic heterocycles. The molecule has 0 atom stereocenters. The van der Waals surface area contributed by atoms with E-state index in [4.69, 9.17) is 4.98 Å². The summed E-state index contributed by atoms with van der Waals surface area (Å²) in [5.41, 5.74) is 14.1. The number of nitrogens with zero attached hydrogens (tertiary/aromatic N) is 2. The van der Waals surface area contributed by atoms with Crippen LogP contribution >= 0.6 is 0 Å². The summed E-state index contributed by atoms with van der Waals surface area (Å²) in [6, 6.07) is 59.4. The molecule has 0 unspecified atom stereocenters. The lowest BCUT2D eigenvalue weighted by Gasteiger charge is -2.33. The fourth-order valence-electron chi connectivity index (χ4n) is 7.50. The summed E-state index contributed by atoms with van der Waals surface area (Å²) < 4.78 is 2.39. The second-order valence-corrected chi connectivity index (χ2v) is 11.6. The SMILES string of the molecule is c1ccc(-c2cccc(-n3c4cc5c(cc4c4ncccc43)C(c3ccccc3)(c3ccccc3)c3ccccc3-5)c2)cc1. The Morgan fingerprint density at radius 1 is 0.455 bits per heavy atom. The lowest BCUT2D eigenvalue weighted by Crippen LogP contribution is -2.28. The van der Waals surface area contributed by atoms with Crippen molar-refractivity contribution in [2.45, 2.75) is 5.41 Å². The van der Waals surface area contributed by atoms with Crippen LogP contribution in [0.4, 0.5) is 0 Å². The second-order valence-electron chi connectivity index (χ2n) is 11.6. The normalized spacial score (nSPS) is 13.2. The van der Waals surface area contributed by atoms with Gasteiger partial charge in [-0.2, -0.15) is 0 Å². The Bertz CT molecular complexity index is 2280. The van der Waals surface area contributed by atoms with E-state index in [1.54, 1.807) is 0 Å². The van der Waals surface area contributed by atoms with Crippen LogP contribution in [0.3, 0.4) is 0 Å². The minimum atomic E-state index is -0.445. The molecule has 0 aliphatic heterocycles. The number of benzene rings is 6. The van der Waals surface area contributed by atoms with Crippen molar-refractivity contribution in [2.75, 3.05) is 0 Å². The molecule has 6 aromatic carbocycles. The Morgan fingerprint density at radius 3 is 1.86 bits per heavy atom. The van der Waals surface area contributed by atoms with Crippen LogP contribution in [0.15, 0.2) is 170 Å². The summed E-state index contributed by atoms with van der Waals surface area (Å²) in [6.07, 6.45) is 1.91. The molecule has 1 aliphatic rings. The maximum atomic E-state index is 4.98. The van der Waals surface area contributed by atoms with Gasteiger partial charge in [0.05, 0.1) is 22.0 Å². The molecule has 0 saturated heterocycles. The van der Waals surface area contributed by atoms with Crippen LogP contribution in [0.2, 0.25) is 0 Å². The predicted molar refractivity (Wildman–Crippen MR) is 181 cm³/mol. The molecule has 1 aliphatic carbocycles. The van der Waals surface area contributed by atoms with E-state index < -0.39 is 5.41 Å². The number of pyridine rings is 1. The molecule has 0 amide bonds. The van der Waals surface area contributed by atoms with Gasteiger partial charge in [0, 0.05) is 17.3 Å². The Labute approximate surface area is 256 Å². The summed E-state index contributed by atoms with van der Waals surface area (Å²) in [6.45, 7) is 0. The van der Waals surface area contributed by atoms with E-state index in [1.165, 1.54) is 44.5 Å². The van der Waals surface area contributed by atoms with E-state index in [1.807, 2.05) is 12.3 Å². The number of fused-ring (bicyclic) bond motifs is 6. The van der Waals surface area contributed by atoms with Gasteiger partial charge in [0.1, 0.15) is 0 Å². The molecule has 44 heavy (non-hydrogen) atoms. The largest absolute Gasteiger partial charge is 0.308 e. The monoisotopic (exact) mass is 560 g/mol. The standard InChI is InChI=1S/C42H28N2/c1-4-14-29(15-5-1)30-16-12-21-33(26-30)44-39-24-13-25-43-41(39)36-27-38-35(28-40(36)44)34-22-10-11-23-37(34)42(38,31-17-6-2-7-18-31)32-19-8-3-9-20-32/h1-28H. The van der Waals surface area contributed by atoms with Crippen molar-refractivity contribution < 1.29 is 0 Å². The first-order valence-electron chi connectivity index (χ1n) is 15.1.